The minimum Gasteiger partial charge on any atom is -0.480 e. The van der Waals surface area contributed by atoms with Crippen LogP contribution in [0.15, 0.2) is 53.7 Å². The number of aliphatic hydroxyl groups excluding tert-OH is 1. The number of aromatic nitrogens is 1. The van der Waals surface area contributed by atoms with E-state index in [0.29, 0.717) is 23.1 Å². The highest BCUT2D eigenvalue weighted by Crippen LogP contribution is 2.36. The zero-order chi connectivity index (χ0) is 52.4. The number of non-ortho nitro benzene ring substituents is 1. The van der Waals surface area contributed by atoms with Gasteiger partial charge in [0, 0.05) is 42.7 Å². The van der Waals surface area contributed by atoms with Gasteiger partial charge < -0.3 is 63.5 Å². The minimum atomic E-state index is -1.65. The van der Waals surface area contributed by atoms with Crippen molar-refractivity contribution >= 4 is 87.1 Å². The Kier molecular flexibility index (Phi) is 21.3. The smallest absolute Gasteiger partial charge is 0.326 e. The molecule has 6 amide bonds. The molecule has 6 atom stereocenters. The van der Waals surface area contributed by atoms with E-state index < -0.39 is 112 Å². The highest BCUT2D eigenvalue weighted by atomic mass is 32.2. The fourth-order valence-corrected chi connectivity index (χ4v) is 8.33. The minimum absolute atomic E-state index is 0.00159. The molecule has 13 N–H and O–H groups in total. The Labute approximate surface area is 411 Å². The number of fused-ring (bicyclic) bond motifs is 1. The number of carboxylic acids is 1. The highest BCUT2D eigenvalue weighted by molar-refractivity contribution is 7.98. The number of carbonyl (C=O) groups is 7. The number of rotatable bonds is 28. The summed E-state index contributed by atoms with van der Waals surface area (Å²) >= 11 is 1.36. The lowest BCUT2D eigenvalue weighted by molar-refractivity contribution is -0.393. The van der Waals surface area contributed by atoms with Gasteiger partial charge in [-0.3, -0.25) is 54.0 Å². The number of nitro groups is 2. The first-order chi connectivity index (χ1) is 33.7. The number of guanidine groups is 1. The number of anilines is 1. The van der Waals surface area contributed by atoms with Crippen LogP contribution in [0.4, 0.5) is 17.1 Å². The zero-order valence-electron chi connectivity index (χ0n) is 39.4. The summed E-state index contributed by atoms with van der Waals surface area (Å²) in [4.78, 5) is 124. The molecule has 1 saturated heterocycles. The third-order valence-electron chi connectivity index (χ3n) is 11.4. The van der Waals surface area contributed by atoms with Gasteiger partial charge >= 0.3 is 5.97 Å². The average Bonchev–Trinajstić information content (AvgIpc) is 3.99. The summed E-state index contributed by atoms with van der Waals surface area (Å²) in [6, 6.07) is 2.37. The monoisotopic (exact) mass is 1010 g/mol. The first-order valence-electron chi connectivity index (χ1n) is 22.6. The van der Waals surface area contributed by atoms with Crippen molar-refractivity contribution < 1.29 is 53.6 Å². The molecule has 0 spiro atoms. The average molecular weight is 1010 g/mol. The Morgan fingerprint density at radius 3 is 2.20 bits per heavy atom. The molecule has 0 saturated carbocycles. The Bertz CT molecular complexity index is 2450. The number of nitrogens with zero attached hydrogens (tertiary/aromatic N) is 4. The summed E-state index contributed by atoms with van der Waals surface area (Å²) in [6.45, 7) is 2.31. The van der Waals surface area contributed by atoms with Gasteiger partial charge in [0.15, 0.2) is 5.96 Å². The predicted octanol–water partition coefficient (Wildman–Crippen LogP) is -0.334. The van der Waals surface area contributed by atoms with Crippen LogP contribution in [0.25, 0.3) is 10.9 Å². The number of aromatic amines is 1. The fraction of sp³-hybridized carbons (Fsp3) is 0.500. The largest absolute Gasteiger partial charge is 0.480 e. The lowest BCUT2D eigenvalue weighted by Crippen LogP contribution is -2.59. The third-order valence-corrected chi connectivity index (χ3v) is 12.0. The van der Waals surface area contributed by atoms with E-state index in [1.165, 1.54) is 22.7 Å². The number of aliphatic carboxylic acids is 1. The Balaban J connectivity index is 1.47. The van der Waals surface area contributed by atoms with Crippen LogP contribution in [-0.4, -0.2) is 147 Å². The Morgan fingerprint density at radius 1 is 0.873 bits per heavy atom. The van der Waals surface area contributed by atoms with E-state index in [-0.39, 0.29) is 69.2 Å². The van der Waals surface area contributed by atoms with Crippen LogP contribution in [0.5, 0.6) is 0 Å². The topological polar surface area (TPSA) is 402 Å². The first-order valence-corrected chi connectivity index (χ1v) is 24.0. The number of amides is 6. The van der Waals surface area contributed by atoms with E-state index in [4.69, 9.17) is 11.5 Å². The van der Waals surface area contributed by atoms with Crippen molar-refractivity contribution in [2.24, 2.45) is 22.4 Å². The molecule has 3 aromatic rings. The van der Waals surface area contributed by atoms with Gasteiger partial charge in [-0.15, -0.1) is 0 Å². The van der Waals surface area contributed by atoms with Crippen LogP contribution in [0, 0.1) is 26.1 Å². The molecule has 6 unspecified atom stereocenters. The van der Waals surface area contributed by atoms with Gasteiger partial charge in [0.1, 0.15) is 41.9 Å². The van der Waals surface area contributed by atoms with Crippen molar-refractivity contribution in [3.8, 4) is 0 Å². The van der Waals surface area contributed by atoms with E-state index in [1.807, 2.05) is 0 Å². The number of nitrogens with one attached hydrogen (secondary N) is 7. The molecule has 27 heteroatoms. The van der Waals surface area contributed by atoms with Crippen LogP contribution in [0.1, 0.15) is 57.9 Å². The molecule has 1 aromatic heterocycles. The van der Waals surface area contributed by atoms with Crippen molar-refractivity contribution in [2.75, 3.05) is 43.1 Å². The standard InChI is InChI=1S/C44H61N13O13S/c1-24(2)18-31(53-42(64)35-11-7-16-55(35)34-13-12-26(56(67)68)20-36(34)57(69)70)38(60)49-22-37(59)50-29(14-17-71-3)39(61)52-32(19-25-21-48-28-9-5-4-8-27(25)28)40(62)54-33(23-58)41(63)51-30(43(65)66)10-6-15-47-44(45)46/h4-5,8-9,12-13,20-21,24,29-33,35,48,58H,6-7,10-11,14-19,22-23H2,1-3H3,(H,49,60)(H,50,59)(H,51,63)(H,52,61)(H,53,64)(H,54,62)(H,65,66)(H4,45,46,47). The number of hydrogen-bond acceptors (Lipinski definition) is 15. The number of carboxylic acid groups (broad SMARTS) is 1. The number of para-hydroxylation sites is 1. The second-order valence-electron chi connectivity index (χ2n) is 17.1. The summed E-state index contributed by atoms with van der Waals surface area (Å²) in [5.41, 5.74) is 10.9. The van der Waals surface area contributed by atoms with Gasteiger partial charge in [-0.05, 0) is 74.1 Å². The molecule has 71 heavy (non-hydrogen) atoms. The van der Waals surface area contributed by atoms with Gasteiger partial charge in [-0.2, -0.15) is 11.8 Å². The van der Waals surface area contributed by atoms with E-state index in [1.54, 1.807) is 50.6 Å². The lowest BCUT2D eigenvalue weighted by Gasteiger charge is -2.28. The van der Waals surface area contributed by atoms with Crippen LogP contribution in [0.2, 0.25) is 0 Å². The maximum absolute atomic E-state index is 14.1. The van der Waals surface area contributed by atoms with Gasteiger partial charge in [-0.25, -0.2) is 4.79 Å². The number of H-pyrrole nitrogens is 1. The summed E-state index contributed by atoms with van der Waals surface area (Å²) in [7, 11) is 0. The van der Waals surface area contributed by atoms with Crippen molar-refractivity contribution in [2.45, 2.75) is 95.0 Å². The second-order valence-corrected chi connectivity index (χ2v) is 18.1. The third kappa shape index (κ3) is 16.5. The number of carbonyl (C=O) groups excluding carboxylic acids is 6. The summed E-state index contributed by atoms with van der Waals surface area (Å²) in [5.74, 6) is -6.30. The quantitative estimate of drug-likeness (QED) is 0.0146. The molecule has 26 nitrogen and oxygen atoms in total. The number of aliphatic hydroxyl groups is 1. The van der Waals surface area contributed by atoms with Gasteiger partial charge in [-0.1, -0.05) is 32.0 Å². The van der Waals surface area contributed by atoms with Crippen molar-refractivity contribution in [3.63, 3.8) is 0 Å². The molecule has 1 fully saturated rings. The number of benzene rings is 2. The number of nitrogens with two attached hydrogens (primary N) is 2. The summed E-state index contributed by atoms with van der Waals surface area (Å²) in [6.07, 6.45) is 4.24. The first kappa shape index (κ1) is 56.0. The van der Waals surface area contributed by atoms with Crippen LogP contribution >= 0.6 is 11.8 Å². The molecule has 0 radical (unpaired) electrons. The molecule has 1 aliphatic heterocycles. The number of thioether (sulfide) groups is 1. The van der Waals surface area contributed by atoms with Crippen LogP contribution in [0.3, 0.4) is 0 Å². The lowest BCUT2D eigenvalue weighted by atomic mass is 10.0. The van der Waals surface area contributed by atoms with Gasteiger partial charge in [0.25, 0.3) is 11.4 Å². The van der Waals surface area contributed by atoms with Crippen LogP contribution < -0.4 is 48.3 Å². The Hall–Kier alpha value is -7.55. The molecule has 4 rings (SSSR count). The number of nitro benzene ring substituents is 2. The SMILES string of the molecule is CSCCC(NC(=O)CNC(=O)C(CC(C)C)NC(=O)C1CCCN1c1ccc([N+](=O)[O-])cc1[N+](=O)[O-])C(=O)NC(Cc1c[nH]c2ccccc12)C(=O)NC(CO)C(=O)NC(CCCN=C(N)N)C(=O)O. The predicted molar refractivity (Wildman–Crippen MR) is 262 cm³/mol. The normalized spacial score (nSPS) is 15.3. The molecule has 1 aliphatic rings. The van der Waals surface area contributed by atoms with Crippen LogP contribution in [-0.2, 0) is 40.0 Å². The maximum atomic E-state index is 14.1. The zero-order valence-corrected chi connectivity index (χ0v) is 40.2. The van der Waals surface area contributed by atoms with Crippen molar-refractivity contribution in [1.82, 2.24) is 36.9 Å². The summed E-state index contributed by atoms with van der Waals surface area (Å²) < 4.78 is 0. The second kappa shape index (κ2) is 27.0. The molecule has 0 aliphatic carbocycles. The molecule has 2 aromatic carbocycles. The Morgan fingerprint density at radius 2 is 1.55 bits per heavy atom. The molecular weight excluding hydrogens is 951 g/mol. The van der Waals surface area contributed by atoms with E-state index in [9.17, 15) is 64.0 Å². The fourth-order valence-electron chi connectivity index (χ4n) is 7.86. The summed E-state index contributed by atoms with van der Waals surface area (Å²) in [5, 5.41) is 59.0. The molecule has 2 heterocycles. The van der Waals surface area contributed by atoms with E-state index in [2.05, 4.69) is 41.9 Å². The van der Waals surface area contributed by atoms with Crippen molar-refractivity contribution in [1.29, 1.82) is 0 Å². The molecular formula is C44H61N13O13S. The van der Waals surface area contributed by atoms with E-state index >= 15 is 0 Å². The van der Waals surface area contributed by atoms with Gasteiger partial charge in [0.05, 0.1) is 29.1 Å². The van der Waals surface area contributed by atoms with E-state index in [0.717, 1.165) is 17.6 Å². The number of hydrogen-bond donors (Lipinski definition) is 11. The molecule has 0 bridgehead atoms. The van der Waals surface area contributed by atoms with Gasteiger partial charge in [0.2, 0.25) is 35.4 Å². The number of aliphatic imine (C=N–C) groups is 1. The highest BCUT2D eigenvalue weighted by Gasteiger charge is 2.38. The molecule has 386 valence electrons. The van der Waals surface area contributed by atoms with Crippen molar-refractivity contribution in [3.05, 3.63) is 74.5 Å². The maximum Gasteiger partial charge on any atom is 0.326 e.